The summed E-state index contributed by atoms with van der Waals surface area (Å²) in [6.07, 6.45) is 0.884. The summed E-state index contributed by atoms with van der Waals surface area (Å²) in [4.78, 5) is 0. The number of hydrogen-bond donors (Lipinski definition) is 2. The highest BCUT2D eigenvalue weighted by Crippen LogP contribution is 2.14. The van der Waals surface area contributed by atoms with E-state index in [0.717, 1.165) is 6.42 Å². The second kappa shape index (κ2) is 4.70. The van der Waals surface area contributed by atoms with Gasteiger partial charge in [0.2, 0.25) is 0 Å². The molecule has 3 N–H and O–H groups in total. The molecule has 11 heavy (non-hydrogen) atoms. The zero-order chi connectivity index (χ0) is 8.91. The quantitative estimate of drug-likeness (QED) is 0.582. The standard InChI is InChI=1S/C8H20N2O/c1-7(9)5-8(2,3)11-6-10-4/h7,10H,5-6,9H2,1-4H3. The van der Waals surface area contributed by atoms with Gasteiger partial charge in [-0.25, -0.2) is 0 Å². The maximum absolute atomic E-state index is 5.65. The zero-order valence-corrected chi connectivity index (χ0v) is 7.98. The molecule has 0 aliphatic rings. The van der Waals surface area contributed by atoms with E-state index < -0.39 is 0 Å². The molecule has 0 aliphatic carbocycles. The zero-order valence-electron chi connectivity index (χ0n) is 7.98. The largest absolute Gasteiger partial charge is 0.360 e. The summed E-state index contributed by atoms with van der Waals surface area (Å²) < 4.78 is 5.50. The van der Waals surface area contributed by atoms with Gasteiger partial charge in [-0.05, 0) is 34.2 Å². The summed E-state index contributed by atoms with van der Waals surface area (Å²) in [6, 6.07) is 0.196. The second-order valence-electron chi connectivity index (χ2n) is 3.58. The van der Waals surface area contributed by atoms with Crippen LogP contribution in [0.2, 0.25) is 0 Å². The molecule has 0 saturated heterocycles. The van der Waals surface area contributed by atoms with Crippen LogP contribution in [0.15, 0.2) is 0 Å². The lowest BCUT2D eigenvalue weighted by Crippen LogP contribution is -2.35. The number of hydrogen-bond acceptors (Lipinski definition) is 3. The van der Waals surface area contributed by atoms with Crippen molar-refractivity contribution < 1.29 is 4.74 Å². The van der Waals surface area contributed by atoms with E-state index >= 15 is 0 Å². The first kappa shape index (κ1) is 10.9. The maximum atomic E-state index is 5.65. The molecule has 0 fully saturated rings. The summed E-state index contributed by atoms with van der Waals surface area (Å²) in [5.41, 5.74) is 5.54. The van der Waals surface area contributed by atoms with Crippen LogP contribution in [0.1, 0.15) is 27.2 Å². The fourth-order valence-corrected chi connectivity index (χ4v) is 1.10. The van der Waals surface area contributed by atoms with Crippen LogP contribution in [0.3, 0.4) is 0 Å². The predicted octanol–water partition coefficient (Wildman–Crippen LogP) is 0.696. The minimum atomic E-state index is -0.114. The van der Waals surface area contributed by atoms with Gasteiger partial charge in [-0.3, -0.25) is 5.32 Å². The summed E-state index contributed by atoms with van der Waals surface area (Å²) in [5.74, 6) is 0. The van der Waals surface area contributed by atoms with Crippen molar-refractivity contribution in [2.75, 3.05) is 13.8 Å². The Hall–Kier alpha value is -0.120. The van der Waals surface area contributed by atoms with Gasteiger partial charge >= 0.3 is 0 Å². The Kier molecular flexibility index (Phi) is 4.65. The third-order valence-corrected chi connectivity index (χ3v) is 1.42. The fourth-order valence-electron chi connectivity index (χ4n) is 1.10. The first-order chi connectivity index (χ1) is 4.98. The van der Waals surface area contributed by atoms with E-state index in [1.165, 1.54) is 0 Å². The Labute approximate surface area is 69.3 Å². The summed E-state index contributed by atoms with van der Waals surface area (Å²) in [6.45, 7) is 6.67. The molecule has 0 saturated carbocycles. The monoisotopic (exact) mass is 160 g/mol. The van der Waals surface area contributed by atoms with Gasteiger partial charge in [-0.15, -0.1) is 0 Å². The predicted molar refractivity (Wildman–Crippen MR) is 47.4 cm³/mol. The minimum Gasteiger partial charge on any atom is -0.360 e. The van der Waals surface area contributed by atoms with Crippen molar-refractivity contribution in [3.05, 3.63) is 0 Å². The van der Waals surface area contributed by atoms with Gasteiger partial charge < -0.3 is 10.5 Å². The van der Waals surface area contributed by atoms with Crippen LogP contribution in [0, 0.1) is 0 Å². The molecule has 0 radical (unpaired) electrons. The Morgan fingerprint density at radius 3 is 2.45 bits per heavy atom. The van der Waals surface area contributed by atoms with Gasteiger partial charge in [0.15, 0.2) is 0 Å². The lowest BCUT2D eigenvalue weighted by atomic mass is 10.0. The fraction of sp³-hybridized carbons (Fsp3) is 1.00. The van der Waals surface area contributed by atoms with Crippen LogP contribution in [-0.2, 0) is 4.74 Å². The molecule has 0 spiro atoms. The molecule has 0 rings (SSSR count). The molecule has 1 atom stereocenters. The average Bonchev–Trinajstić information content (AvgIpc) is 1.81. The van der Waals surface area contributed by atoms with E-state index in [9.17, 15) is 0 Å². The van der Waals surface area contributed by atoms with Crippen molar-refractivity contribution in [1.82, 2.24) is 5.32 Å². The van der Waals surface area contributed by atoms with Gasteiger partial charge in [0.25, 0.3) is 0 Å². The Morgan fingerprint density at radius 2 is 2.09 bits per heavy atom. The average molecular weight is 160 g/mol. The summed E-state index contributed by atoms with van der Waals surface area (Å²) >= 11 is 0. The SMILES string of the molecule is CNCOC(C)(C)CC(C)N. The van der Waals surface area contributed by atoms with Gasteiger partial charge in [0.05, 0.1) is 12.3 Å². The Morgan fingerprint density at radius 1 is 1.55 bits per heavy atom. The van der Waals surface area contributed by atoms with E-state index in [1.54, 1.807) is 0 Å². The van der Waals surface area contributed by atoms with Crippen LogP contribution in [-0.4, -0.2) is 25.4 Å². The molecule has 1 unspecified atom stereocenters. The van der Waals surface area contributed by atoms with Crippen molar-refractivity contribution in [2.45, 2.75) is 38.8 Å². The maximum Gasteiger partial charge on any atom is 0.0970 e. The highest BCUT2D eigenvalue weighted by Gasteiger charge is 2.19. The molecule has 3 heteroatoms. The summed E-state index contributed by atoms with van der Waals surface area (Å²) in [7, 11) is 1.86. The Balaban J connectivity index is 3.61. The molecule has 0 aromatic heterocycles. The molecule has 0 aromatic carbocycles. The smallest absolute Gasteiger partial charge is 0.0970 e. The van der Waals surface area contributed by atoms with Crippen molar-refractivity contribution in [2.24, 2.45) is 5.73 Å². The molecule has 0 aromatic rings. The highest BCUT2D eigenvalue weighted by molar-refractivity contribution is 4.73. The van der Waals surface area contributed by atoms with Crippen molar-refractivity contribution in [1.29, 1.82) is 0 Å². The third-order valence-electron chi connectivity index (χ3n) is 1.42. The van der Waals surface area contributed by atoms with Crippen LogP contribution in [0.25, 0.3) is 0 Å². The van der Waals surface area contributed by atoms with Crippen LogP contribution < -0.4 is 11.1 Å². The third kappa shape index (κ3) is 6.28. The number of rotatable bonds is 5. The normalized spacial score (nSPS) is 15.0. The van der Waals surface area contributed by atoms with E-state index in [4.69, 9.17) is 10.5 Å². The molecule has 68 valence electrons. The molecular weight excluding hydrogens is 140 g/mol. The van der Waals surface area contributed by atoms with E-state index in [0.29, 0.717) is 6.73 Å². The molecular formula is C8H20N2O. The lowest BCUT2D eigenvalue weighted by molar-refractivity contribution is -0.0333. The Bertz CT molecular complexity index is 102. The first-order valence-corrected chi connectivity index (χ1v) is 4.02. The number of nitrogens with two attached hydrogens (primary N) is 1. The number of nitrogens with one attached hydrogen (secondary N) is 1. The van der Waals surface area contributed by atoms with Crippen molar-refractivity contribution in [3.8, 4) is 0 Å². The van der Waals surface area contributed by atoms with Crippen LogP contribution >= 0.6 is 0 Å². The van der Waals surface area contributed by atoms with Gasteiger partial charge in [0, 0.05) is 6.04 Å². The van der Waals surface area contributed by atoms with Crippen molar-refractivity contribution >= 4 is 0 Å². The van der Waals surface area contributed by atoms with E-state index in [1.807, 2.05) is 27.8 Å². The molecule has 3 nitrogen and oxygen atoms in total. The number of ether oxygens (including phenoxy) is 1. The molecule has 0 bridgehead atoms. The van der Waals surface area contributed by atoms with Crippen LogP contribution in [0.5, 0.6) is 0 Å². The van der Waals surface area contributed by atoms with Gasteiger partial charge in [0.1, 0.15) is 0 Å². The second-order valence-corrected chi connectivity index (χ2v) is 3.58. The van der Waals surface area contributed by atoms with Gasteiger partial charge in [-0.2, -0.15) is 0 Å². The van der Waals surface area contributed by atoms with Crippen LogP contribution in [0.4, 0.5) is 0 Å². The lowest BCUT2D eigenvalue weighted by Gasteiger charge is -2.26. The highest BCUT2D eigenvalue weighted by atomic mass is 16.5. The topological polar surface area (TPSA) is 47.3 Å². The van der Waals surface area contributed by atoms with Crippen molar-refractivity contribution in [3.63, 3.8) is 0 Å². The van der Waals surface area contributed by atoms with Gasteiger partial charge in [-0.1, -0.05) is 0 Å². The summed E-state index contributed by atoms with van der Waals surface area (Å²) in [5, 5.41) is 2.93. The molecule has 0 aliphatic heterocycles. The molecule has 0 heterocycles. The first-order valence-electron chi connectivity index (χ1n) is 4.02. The minimum absolute atomic E-state index is 0.114. The van der Waals surface area contributed by atoms with E-state index in [2.05, 4.69) is 5.32 Å². The molecule has 0 amide bonds. The van der Waals surface area contributed by atoms with E-state index in [-0.39, 0.29) is 11.6 Å².